The van der Waals surface area contributed by atoms with Crippen LogP contribution in [0.1, 0.15) is 24.9 Å². The van der Waals surface area contributed by atoms with Gasteiger partial charge in [-0.3, -0.25) is 4.79 Å². The van der Waals surface area contributed by atoms with Gasteiger partial charge in [-0.25, -0.2) is 4.39 Å². The molecule has 0 aromatic heterocycles. The topological polar surface area (TPSA) is 55.6 Å². The summed E-state index contributed by atoms with van der Waals surface area (Å²) in [5.74, 6) is 0.381. The molecule has 0 saturated carbocycles. The molecule has 1 fully saturated rings. The first-order chi connectivity index (χ1) is 9.08. The molecule has 1 amide bonds. The summed E-state index contributed by atoms with van der Waals surface area (Å²) >= 11 is 0. The Morgan fingerprint density at radius 2 is 2.32 bits per heavy atom. The van der Waals surface area contributed by atoms with Crippen LogP contribution >= 0.6 is 0 Å². The number of methoxy groups -OCH3 is 1. The summed E-state index contributed by atoms with van der Waals surface area (Å²) in [7, 11) is 1.54. The summed E-state index contributed by atoms with van der Waals surface area (Å²) in [4.78, 5) is 13.5. The van der Waals surface area contributed by atoms with Crippen LogP contribution in [0.4, 0.5) is 4.39 Å². The number of hydrogen-bond donors (Lipinski definition) is 1. The fraction of sp³-hybridized carbons (Fsp3) is 0.500. The maximum absolute atomic E-state index is 13.5. The van der Waals surface area contributed by atoms with Gasteiger partial charge in [-0.2, -0.15) is 0 Å². The minimum atomic E-state index is -0.332. The number of benzene rings is 1. The van der Waals surface area contributed by atoms with E-state index in [-0.39, 0.29) is 23.7 Å². The smallest absolute Gasteiger partial charge is 0.219 e. The average molecular weight is 266 g/mol. The van der Waals surface area contributed by atoms with E-state index in [1.165, 1.54) is 19.1 Å². The maximum Gasteiger partial charge on any atom is 0.219 e. The van der Waals surface area contributed by atoms with Gasteiger partial charge in [0, 0.05) is 19.0 Å². The van der Waals surface area contributed by atoms with E-state index in [0.29, 0.717) is 24.4 Å². The standard InChI is InChI=1S/C14H19FN2O2/c1-9(18)17-6-5-10(8-16)14(17)12-7-11(15)3-4-13(12)19-2/h3-4,7,10,14H,5-6,8,16H2,1-2H3. The Labute approximate surface area is 112 Å². The fourth-order valence-corrected chi connectivity index (χ4v) is 2.81. The Bertz CT molecular complexity index is 479. The monoisotopic (exact) mass is 266 g/mol. The molecular weight excluding hydrogens is 247 g/mol. The largest absolute Gasteiger partial charge is 0.496 e. The van der Waals surface area contributed by atoms with E-state index in [9.17, 15) is 9.18 Å². The molecule has 104 valence electrons. The number of nitrogens with zero attached hydrogens (tertiary/aromatic N) is 1. The van der Waals surface area contributed by atoms with Crippen LogP contribution in [0, 0.1) is 11.7 Å². The van der Waals surface area contributed by atoms with Crippen LogP contribution in [0.3, 0.4) is 0 Å². The number of rotatable bonds is 3. The summed E-state index contributed by atoms with van der Waals surface area (Å²) in [6, 6.07) is 4.18. The molecule has 1 saturated heterocycles. The molecule has 1 aromatic rings. The molecule has 0 radical (unpaired) electrons. The second-order valence-electron chi connectivity index (χ2n) is 4.83. The number of amides is 1. The predicted molar refractivity (Wildman–Crippen MR) is 70.2 cm³/mol. The predicted octanol–water partition coefficient (Wildman–Crippen LogP) is 1.70. The summed E-state index contributed by atoms with van der Waals surface area (Å²) in [6.45, 7) is 2.65. The van der Waals surface area contributed by atoms with Gasteiger partial charge in [0.05, 0.1) is 13.2 Å². The van der Waals surface area contributed by atoms with Gasteiger partial charge in [0.1, 0.15) is 11.6 Å². The second kappa shape index (κ2) is 5.57. The molecule has 19 heavy (non-hydrogen) atoms. The molecular formula is C14H19FN2O2. The Kier molecular flexibility index (Phi) is 4.04. The summed E-state index contributed by atoms with van der Waals surface area (Å²) in [6.07, 6.45) is 0.834. The molecule has 1 aromatic carbocycles. The van der Waals surface area contributed by atoms with Crippen LogP contribution in [0.15, 0.2) is 18.2 Å². The van der Waals surface area contributed by atoms with Crippen LogP contribution in [0.5, 0.6) is 5.75 Å². The van der Waals surface area contributed by atoms with Crippen molar-refractivity contribution in [1.82, 2.24) is 4.90 Å². The molecule has 1 aliphatic heterocycles. The normalized spacial score (nSPS) is 22.6. The number of halogens is 1. The van der Waals surface area contributed by atoms with Crippen molar-refractivity contribution in [3.8, 4) is 5.75 Å². The number of hydrogen-bond acceptors (Lipinski definition) is 3. The zero-order valence-corrected chi connectivity index (χ0v) is 11.2. The highest BCUT2D eigenvalue weighted by molar-refractivity contribution is 5.74. The molecule has 4 nitrogen and oxygen atoms in total. The van der Waals surface area contributed by atoms with Crippen LogP contribution in [-0.2, 0) is 4.79 Å². The van der Waals surface area contributed by atoms with Crippen molar-refractivity contribution in [2.75, 3.05) is 20.2 Å². The Hall–Kier alpha value is -1.62. The first-order valence-corrected chi connectivity index (χ1v) is 6.39. The molecule has 5 heteroatoms. The van der Waals surface area contributed by atoms with Gasteiger partial charge >= 0.3 is 0 Å². The zero-order chi connectivity index (χ0) is 14.0. The molecule has 2 rings (SSSR count). The minimum absolute atomic E-state index is 0.0211. The SMILES string of the molecule is COc1ccc(F)cc1C1C(CN)CCN1C(C)=O. The molecule has 2 atom stereocenters. The van der Waals surface area contributed by atoms with Crippen LogP contribution < -0.4 is 10.5 Å². The molecule has 2 N–H and O–H groups in total. The molecule has 0 spiro atoms. The fourth-order valence-electron chi connectivity index (χ4n) is 2.81. The van der Waals surface area contributed by atoms with Gasteiger partial charge in [0.25, 0.3) is 0 Å². The average Bonchev–Trinajstić information content (AvgIpc) is 2.82. The van der Waals surface area contributed by atoms with Gasteiger partial charge in [0.2, 0.25) is 5.91 Å². The summed E-state index contributed by atoms with van der Waals surface area (Å²) in [5.41, 5.74) is 6.48. The lowest BCUT2D eigenvalue weighted by Gasteiger charge is -2.28. The van der Waals surface area contributed by atoms with Gasteiger partial charge < -0.3 is 15.4 Å². The van der Waals surface area contributed by atoms with E-state index in [1.807, 2.05) is 0 Å². The van der Waals surface area contributed by atoms with Crippen LogP contribution in [-0.4, -0.2) is 31.0 Å². The first-order valence-electron chi connectivity index (χ1n) is 6.39. The Morgan fingerprint density at radius 3 is 2.89 bits per heavy atom. The number of ether oxygens (including phenoxy) is 1. The lowest BCUT2D eigenvalue weighted by atomic mass is 9.93. The van der Waals surface area contributed by atoms with E-state index in [2.05, 4.69) is 0 Å². The summed E-state index contributed by atoms with van der Waals surface area (Å²) in [5, 5.41) is 0. The van der Waals surface area contributed by atoms with E-state index < -0.39 is 0 Å². The number of nitrogens with two attached hydrogens (primary N) is 1. The minimum Gasteiger partial charge on any atom is -0.496 e. The quantitative estimate of drug-likeness (QED) is 0.906. The number of carbonyl (C=O) groups excluding carboxylic acids is 1. The highest BCUT2D eigenvalue weighted by Crippen LogP contribution is 2.40. The van der Waals surface area contributed by atoms with Crippen molar-refractivity contribution in [1.29, 1.82) is 0 Å². The lowest BCUT2D eigenvalue weighted by Crippen LogP contribution is -2.32. The number of carbonyl (C=O) groups is 1. The van der Waals surface area contributed by atoms with Gasteiger partial charge in [-0.1, -0.05) is 0 Å². The molecule has 1 heterocycles. The second-order valence-corrected chi connectivity index (χ2v) is 4.83. The van der Waals surface area contributed by atoms with Crippen LogP contribution in [0.25, 0.3) is 0 Å². The highest BCUT2D eigenvalue weighted by Gasteiger charge is 2.37. The van der Waals surface area contributed by atoms with E-state index >= 15 is 0 Å². The van der Waals surface area contributed by atoms with E-state index in [0.717, 1.165) is 6.42 Å². The van der Waals surface area contributed by atoms with Gasteiger partial charge in [-0.05, 0) is 37.1 Å². The number of likely N-dealkylation sites (tertiary alicyclic amines) is 1. The van der Waals surface area contributed by atoms with Crippen molar-refractivity contribution < 1.29 is 13.9 Å². The van der Waals surface area contributed by atoms with E-state index in [1.54, 1.807) is 18.1 Å². The third kappa shape index (κ3) is 2.56. The van der Waals surface area contributed by atoms with Gasteiger partial charge in [-0.15, -0.1) is 0 Å². The van der Waals surface area contributed by atoms with E-state index in [4.69, 9.17) is 10.5 Å². The Balaban J connectivity index is 2.46. The molecule has 2 unspecified atom stereocenters. The van der Waals surface area contributed by atoms with Gasteiger partial charge in [0.15, 0.2) is 0 Å². The van der Waals surface area contributed by atoms with Crippen molar-refractivity contribution in [3.63, 3.8) is 0 Å². The third-order valence-corrected chi connectivity index (χ3v) is 3.74. The highest BCUT2D eigenvalue weighted by atomic mass is 19.1. The van der Waals surface area contributed by atoms with Crippen molar-refractivity contribution in [3.05, 3.63) is 29.6 Å². The Morgan fingerprint density at radius 1 is 1.58 bits per heavy atom. The first kappa shape index (κ1) is 13.8. The molecule has 1 aliphatic rings. The summed E-state index contributed by atoms with van der Waals surface area (Å²) < 4.78 is 18.8. The maximum atomic E-state index is 13.5. The zero-order valence-electron chi connectivity index (χ0n) is 11.2. The van der Waals surface area contributed by atoms with Crippen molar-refractivity contribution in [2.45, 2.75) is 19.4 Å². The van der Waals surface area contributed by atoms with Crippen LogP contribution in [0.2, 0.25) is 0 Å². The van der Waals surface area contributed by atoms with Crippen molar-refractivity contribution >= 4 is 5.91 Å². The lowest BCUT2D eigenvalue weighted by molar-refractivity contribution is -0.130. The molecule has 0 aliphatic carbocycles. The third-order valence-electron chi connectivity index (χ3n) is 3.74. The molecule has 0 bridgehead atoms. The van der Waals surface area contributed by atoms with Crippen molar-refractivity contribution in [2.24, 2.45) is 11.7 Å².